The van der Waals surface area contributed by atoms with Gasteiger partial charge in [-0.2, -0.15) is 0 Å². The summed E-state index contributed by atoms with van der Waals surface area (Å²) in [5.41, 5.74) is -1.28. The molecule has 0 aromatic heterocycles. The van der Waals surface area contributed by atoms with Gasteiger partial charge in [0.2, 0.25) is 0 Å². The Kier molecular flexibility index (Phi) is 3.73. The Labute approximate surface area is 90.9 Å². The molecule has 2 atom stereocenters. The summed E-state index contributed by atoms with van der Waals surface area (Å²) in [6, 6.07) is 0. The van der Waals surface area contributed by atoms with Gasteiger partial charge in [-0.25, -0.2) is 4.79 Å². The molecule has 0 N–H and O–H groups in total. The van der Waals surface area contributed by atoms with Gasteiger partial charge in [0.1, 0.15) is 5.60 Å². The molecule has 0 aliphatic carbocycles. The fourth-order valence-corrected chi connectivity index (χ4v) is 2.06. The Morgan fingerprint density at radius 3 is 2.53 bits per heavy atom. The average molecular weight is 216 g/mol. The Morgan fingerprint density at radius 1 is 1.40 bits per heavy atom. The van der Waals surface area contributed by atoms with Crippen molar-refractivity contribution >= 4 is 5.97 Å². The summed E-state index contributed by atoms with van der Waals surface area (Å²) in [4.78, 5) is 11.8. The van der Waals surface area contributed by atoms with E-state index in [1.54, 1.807) is 14.0 Å². The number of carbonyl (C=O) groups is 1. The van der Waals surface area contributed by atoms with Crippen LogP contribution in [0.25, 0.3) is 0 Å². The van der Waals surface area contributed by atoms with E-state index in [1.807, 2.05) is 13.8 Å². The molecule has 1 saturated heterocycles. The molecule has 15 heavy (non-hydrogen) atoms. The highest BCUT2D eigenvalue weighted by atomic mass is 16.7. The summed E-state index contributed by atoms with van der Waals surface area (Å²) < 4.78 is 15.7. The second kappa shape index (κ2) is 4.49. The largest absolute Gasteiger partial charge is 0.464 e. The van der Waals surface area contributed by atoms with Crippen LogP contribution in [0.3, 0.4) is 0 Å². The molecule has 1 heterocycles. The maximum absolute atomic E-state index is 11.8. The molecular weight excluding hydrogens is 196 g/mol. The monoisotopic (exact) mass is 216 g/mol. The molecule has 4 nitrogen and oxygen atoms in total. The van der Waals surface area contributed by atoms with E-state index in [0.29, 0.717) is 19.6 Å². The molecule has 1 aliphatic rings. The highest BCUT2D eigenvalue weighted by molar-refractivity contribution is 5.84. The number of epoxide rings is 1. The lowest BCUT2D eigenvalue weighted by Crippen LogP contribution is -2.36. The first-order valence-corrected chi connectivity index (χ1v) is 5.42. The maximum Gasteiger partial charge on any atom is 0.341 e. The van der Waals surface area contributed by atoms with Crippen LogP contribution in [0.5, 0.6) is 0 Å². The summed E-state index contributed by atoms with van der Waals surface area (Å²) in [6.45, 7) is 6.52. The molecule has 2 unspecified atom stereocenters. The van der Waals surface area contributed by atoms with Gasteiger partial charge in [0.05, 0.1) is 13.2 Å². The average Bonchev–Trinajstić information content (AvgIpc) is 2.74. The van der Waals surface area contributed by atoms with Crippen LogP contribution >= 0.6 is 0 Å². The van der Waals surface area contributed by atoms with Gasteiger partial charge < -0.3 is 14.2 Å². The van der Waals surface area contributed by atoms with Crippen LogP contribution in [0.1, 0.15) is 33.6 Å². The van der Waals surface area contributed by atoms with Crippen molar-refractivity contribution in [2.45, 2.75) is 44.8 Å². The van der Waals surface area contributed by atoms with Crippen molar-refractivity contribution in [1.29, 1.82) is 0 Å². The van der Waals surface area contributed by atoms with Gasteiger partial charge in [-0.15, -0.1) is 0 Å². The molecule has 0 saturated carbocycles. The van der Waals surface area contributed by atoms with E-state index in [0.717, 1.165) is 6.42 Å². The van der Waals surface area contributed by atoms with Crippen LogP contribution in [0.4, 0.5) is 0 Å². The van der Waals surface area contributed by atoms with Crippen LogP contribution in [0.15, 0.2) is 0 Å². The first-order chi connectivity index (χ1) is 7.06. The van der Waals surface area contributed by atoms with Crippen LogP contribution in [0, 0.1) is 0 Å². The van der Waals surface area contributed by atoms with Crippen molar-refractivity contribution in [3.8, 4) is 0 Å². The van der Waals surface area contributed by atoms with Crippen LogP contribution in [-0.4, -0.2) is 37.5 Å². The SMILES string of the molecule is CCCC1(C(=O)OCC)OC1(C)COC. The number of hydrogen-bond acceptors (Lipinski definition) is 4. The minimum atomic E-state index is -0.770. The third-order valence-electron chi connectivity index (χ3n) is 2.84. The third kappa shape index (κ3) is 2.01. The van der Waals surface area contributed by atoms with Crippen molar-refractivity contribution < 1.29 is 19.0 Å². The zero-order valence-corrected chi connectivity index (χ0v) is 9.96. The lowest BCUT2D eigenvalue weighted by molar-refractivity contribution is -0.150. The number of esters is 1. The maximum atomic E-state index is 11.8. The van der Waals surface area contributed by atoms with Gasteiger partial charge in [-0.1, -0.05) is 13.3 Å². The number of rotatable bonds is 6. The van der Waals surface area contributed by atoms with E-state index in [-0.39, 0.29) is 5.97 Å². The number of carbonyl (C=O) groups excluding carboxylic acids is 1. The molecule has 0 amide bonds. The Bertz CT molecular complexity index is 241. The van der Waals surface area contributed by atoms with Gasteiger partial charge in [-0.05, 0) is 20.3 Å². The van der Waals surface area contributed by atoms with E-state index >= 15 is 0 Å². The smallest absolute Gasteiger partial charge is 0.341 e. The van der Waals surface area contributed by atoms with E-state index < -0.39 is 11.2 Å². The minimum absolute atomic E-state index is 0.258. The van der Waals surface area contributed by atoms with E-state index in [1.165, 1.54) is 0 Å². The topological polar surface area (TPSA) is 48.1 Å². The predicted molar refractivity (Wildman–Crippen MR) is 55.6 cm³/mol. The summed E-state index contributed by atoms with van der Waals surface area (Å²) in [6.07, 6.45) is 1.57. The zero-order valence-electron chi connectivity index (χ0n) is 9.96. The summed E-state index contributed by atoms with van der Waals surface area (Å²) in [7, 11) is 1.61. The first kappa shape index (κ1) is 12.5. The Hall–Kier alpha value is -0.610. The highest BCUT2D eigenvalue weighted by Crippen LogP contribution is 2.52. The number of ether oxygens (including phenoxy) is 3. The molecule has 1 aliphatic heterocycles. The minimum Gasteiger partial charge on any atom is -0.464 e. The Balaban J connectivity index is 2.71. The van der Waals surface area contributed by atoms with E-state index in [2.05, 4.69) is 0 Å². The molecule has 4 heteroatoms. The molecule has 1 fully saturated rings. The molecule has 88 valence electrons. The van der Waals surface area contributed by atoms with Gasteiger partial charge in [0.15, 0.2) is 5.60 Å². The third-order valence-corrected chi connectivity index (χ3v) is 2.84. The lowest BCUT2D eigenvalue weighted by atomic mass is 9.90. The number of methoxy groups -OCH3 is 1. The van der Waals surface area contributed by atoms with Gasteiger partial charge in [0.25, 0.3) is 0 Å². The summed E-state index contributed by atoms with van der Waals surface area (Å²) in [5.74, 6) is -0.258. The summed E-state index contributed by atoms with van der Waals surface area (Å²) >= 11 is 0. The second-order valence-corrected chi connectivity index (χ2v) is 4.06. The van der Waals surface area contributed by atoms with Gasteiger partial charge >= 0.3 is 5.97 Å². The van der Waals surface area contributed by atoms with Crippen molar-refractivity contribution in [2.75, 3.05) is 20.3 Å². The molecule has 0 aromatic rings. The molecule has 0 radical (unpaired) electrons. The van der Waals surface area contributed by atoms with Crippen molar-refractivity contribution in [3.63, 3.8) is 0 Å². The molecule has 0 bridgehead atoms. The first-order valence-electron chi connectivity index (χ1n) is 5.42. The van der Waals surface area contributed by atoms with Gasteiger partial charge in [0, 0.05) is 7.11 Å². The van der Waals surface area contributed by atoms with Crippen molar-refractivity contribution in [2.24, 2.45) is 0 Å². The molecule has 1 rings (SSSR count). The van der Waals surface area contributed by atoms with Crippen molar-refractivity contribution in [1.82, 2.24) is 0 Å². The standard InChI is InChI=1S/C11H20O4/c1-5-7-11(9(12)14-6-2)10(3,15-11)8-13-4/h5-8H2,1-4H3. The predicted octanol–water partition coefficient (Wildman–Crippen LogP) is 1.52. The molecule has 0 aromatic carbocycles. The van der Waals surface area contributed by atoms with Gasteiger partial charge in [-0.3, -0.25) is 0 Å². The normalized spacial score (nSPS) is 33.9. The highest BCUT2D eigenvalue weighted by Gasteiger charge is 2.72. The van der Waals surface area contributed by atoms with Crippen LogP contribution in [0.2, 0.25) is 0 Å². The van der Waals surface area contributed by atoms with E-state index in [4.69, 9.17) is 14.2 Å². The second-order valence-electron chi connectivity index (χ2n) is 4.06. The Morgan fingerprint density at radius 2 is 2.07 bits per heavy atom. The summed E-state index contributed by atoms with van der Waals surface area (Å²) in [5, 5.41) is 0. The fourth-order valence-electron chi connectivity index (χ4n) is 2.06. The lowest BCUT2D eigenvalue weighted by Gasteiger charge is -2.14. The fraction of sp³-hybridized carbons (Fsp3) is 0.909. The van der Waals surface area contributed by atoms with Crippen LogP contribution in [-0.2, 0) is 19.0 Å². The van der Waals surface area contributed by atoms with Crippen LogP contribution < -0.4 is 0 Å². The molecule has 0 spiro atoms. The zero-order chi connectivity index (χ0) is 11.5. The van der Waals surface area contributed by atoms with E-state index in [9.17, 15) is 4.79 Å². The quantitative estimate of drug-likeness (QED) is 0.499. The molecular formula is C11H20O4. The van der Waals surface area contributed by atoms with Crippen molar-refractivity contribution in [3.05, 3.63) is 0 Å². The number of hydrogen-bond donors (Lipinski definition) is 0.